The summed E-state index contributed by atoms with van der Waals surface area (Å²) in [6.07, 6.45) is -3.15. The third kappa shape index (κ3) is 3.85. The van der Waals surface area contributed by atoms with Crippen molar-refractivity contribution in [1.82, 2.24) is 5.32 Å². The van der Waals surface area contributed by atoms with Crippen LogP contribution in [0.5, 0.6) is 0 Å². The third-order valence-electron chi connectivity index (χ3n) is 5.30. The van der Waals surface area contributed by atoms with E-state index in [4.69, 9.17) is 9.84 Å². The van der Waals surface area contributed by atoms with E-state index in [0.29, 0.717) is 38.0 Å². The molecular formula is C18H20F3NO4. The van der Waals surface area contributed by atoms with Gasteiger partial charge in [-0.25, -0.2) is 0 Å². The van der Waals surface area contributed by atoms with Crippen molar-refractivity contribution < 1.29 is 32.6 Å². The van der Waals surface area contributed by atoms with Crippen LogP contribution in [-0.2, 0) is 25.9 Å². The molecule has 2 fully saturated rings. The molecule has 5 nitrogen and oxygen atoms in total. The number of nitrogens with one attached hydrogen (secondary N) is 1. The first-order chi connectivity index (χ1) is 12.2. The molecule has 2 unspecified atom stereocenters. The van der Waals surface area contributed by atoms with Crippen LogP contribution in [0.4, 0.5) is 13.2 Å². The van der Waals surface area contributed by atoms with E-state index in [1.807, 2.05) is 0 Å². The van der Waals surface area contributed by atoms with E-state index >= 15 is 0 Å². The highest BCUT2D eigenvalue weighted by atomic mass is 19.4. The Morgan fingerprint density at radius 3 is 2.50 bits per heavy atom. The number of carbonyl (C=O) groups excluding carboxylic acids is 1. The van der Waals surface area contributed by atoms with Crippen molar-refractivity contribution in [3.8, 4) is 0 Å². The number of carboxylic acid groups (broad SMARTS) is 1. The zero-order valence-corrected chi connectivity index (χ0v) is 14.0. The van der Waals surface area contributed by atoms with E-state index in [-0.39, 0.29) is 12.5 Å². The number of aliphatic carboxylic acids is 1. The van der Waals surface area contributed by atoms with Gasteiger partial charge in [0.1, 0.15) is 0 Å². The highest BCUT2D eigenvalue weighted by Gasteiger charge is 2.49. The Morgan fingerprint density at radius 2 is 1.92 bits per heavy atom. The normalized spacial score (nSPS) is 24.7. The molecule has 2 atom stereocenters. The molecule has 1 aromatic carbocycles. The minimum atomic E-state index is -4.44. The molecule has 0 bridgehead atoms. The Hall–Kier alpha value is -2.09. The van der Waals surface area contributed by atoms with Gasteiger partial charge in [-0.05, 0) is 30.9 Å². The summed E-state index contributed by atoms with van der Waals surface area (Å²) in [5.74, 6) is -2.56. The van der Waals surface area contributed by atoms with Crippen LogP contribution < -0.4 is 5.32 Å². The number of hydrogen-bond acceptors (Lipinski definition) is 3. The van der Waals surface area contributed by atoms with Crippen molar-refractivity contribution in [3.63, 3.8) is 0 Å². The Balaban J connectivity index is 1.77. The molecule has 1 heterocycles. The molecule has 0 aromatic heterocycles. The molecular weight excluding hydrogens is 351 g/mol. The number of ether oxygens (including phenoxy) is 1. The highest BCUT2D eigenvalue weighted by Crippen LogP contribution is 2.40. The molecule has 142 valence electrons. The fourth-order valence-corrected chi connectivity index (χ4v) is 3.50. The van der Waals surface area contributed by atoms with Crippen LogP contribution in [0.2, 0.25) is 0 Å². The Bertz CT molecular complexity index is 698. The molecule has 1 aromatic rings. The van der Waals surface area contributed by atoms with Crippen LogP contribution in [0, 0.1) is 11.8 Å². The number of alkyl halides is 3. The second kappa shape index (κ2) is 6.90. The van der Waals surface area contributed by atoms with E-state index in [9.17, 15) is 22.8 Å². The highest BCUT2D eigenvalue weighted by molar-refractivity contribution is 5.89. The molecule has 8 heteroatoms. The van der Waals surface area contributed by atoms with Crippen molar-refractivity contribution in [2.75, 3.05) is 19.8 Å². The average Bonchev–Trinajstić information content (AvgIpc) is 3.41. The second-order valence-corrected chi connectivity index (χ2v) is 6.98. The van der Waals surface area contributed by atoms with Crippen molar-refractivity contribution in [2.24, 2.45) is 11.8 Å². The molecule has 1 saturated carbocycles. The molecule has 3 rings (SSSR count). The van der Waals surface area contributed by atoms with E-state index < -0.39 is 35.0 Å². The number of halogens is 3. The second-order valence-electron chi connectivity index (χ2n) is 6.98. The van der Waals surface area contributed by atoms with Gasteiger partial charge in [-0.15, -0.1) is 0 Å². The van der Waals surface area contributed by atoms with Crippen LogP contribution in [0.15, 0.2) is 24.3 Å². The fourth-order valence-electron chi connectivity index (χ4n) is 3.50. The van der Waals surface area contributed by atoms with Gasteiger partial charge in [0.05, 0.1) is 17.4 Å². The molecule has 1 amide bonds. The monoisotopic (exact) mass is 371 g/mol. The molecule has 2 N–H and O–H groups in total. The summed E-state index contributed by atoms with van der Waals surface area (Å²) in [7, 11) is 0. The summed E-state index contributed by atoms with van der Waals surface area (Å²) in [5.41, 5.74) is -0.857. The van der Waals surface area contributed by atoms with Crippen LogP contribution in [0.25, 0.3) is 0 Å². The summed E-state index contributed by atoms with van der Waals surface area (Å²) in [5, 5.41) is 11.7. The van der Waals surface area contributed by atoms with Crippen LogP contribution >= 0.6 is 0 Å². The first kappa shape index (κ1) is 18.7. The summed E-state index contributed by atoms with van der Waals surface area (Å²) in [6, 6.07) is 5.17. The van der Waals surface area contributed by atoms with Gasteiger partial charge < -0.3 is 15.2 Å². The molecule has 1 saturated heterocycles. The first-order valence-electron chi connectivity index (χ1n) is 8.49. The smallest absolute Gasteiger partial charge is 0.416 e. The van der Waals surface area contributed by atoms with E-state index in [2.05, 4.69) is 5.32 Å². The summed E-state index contributed by atoms with van der Waals surface area (Å²) in [6.45, 7) is 0.958. The van der Waals surface area contributed by atoms with Gasteiger partial charge in [0.15, 0.2) is 0 Å². The molecule has 2 aliphatic rings. The van der Waals surface area contributed by atoms with Crippen LogP contribution in [0.3, 0.4) is 0 Å². The van der Waals surface area contributed by atoms with Gasteiger partial charge in [0.2, 0.25) is 5.91 Å². The molecule has 1 aliphatic heterocycles. The maximum Gasteiger partial charge on any atom is 0.416 e. The third-order valence-corrected chi connectivity index (χ3v) is 5.30. The standard InChI is InChI=1S/C18H20F3NO4/c19-18(20,21)12-3-1-2-11(8-12)17(4-6-26-7-5-17)10-22-15(23)13-9-14(13)16(24)25/h1-3,8,13-14H,4-7,9-10H2,(H,22,23)(H,24,25). The number of carboxylic acids is 1. The Labute approximate surface area is 148 Å². The molecule has 0 radical (unpaired) electrons. The predicted octanol–water partition coefficient (Wildman–Crippen LogP) is 2.59. The zero-order chi connectivity index (χ0) is 18.9. The van der Waals surface area contributed by atoms with Crippen molar-refractivity contribution in [3.05, 3.63) is 35.4 Å². The van der Waals surface area contributed by atoms with E-state index in [0.717, 1.165) is 12.1 Å². The lowest BCUT2D eigenvalue weighted by Gasteiger charge is -2.38. The van der Waals surface area contributed by atoms with E-state index in [1.165, 1.54) is 6.07 Å². The zero-order valence-electron chi connectivity index (χ0n) is 14.0. The van der Waals surface area contributed by atoms with Gasteiger partial charge in [-0.3, -0.25) is 9.59 Å². The van der Waals surface area contributed by atoms with Crippen LogP contribution in [-0.4, -0.2) is 36.7 Å². The van der Waals surface area contributed by atoms with Gasteiger partial charge in [0, 0.05) is 25.2 Å². The molecule has 26 heavy (non-hydrogen) atoms. The maximum absolute atomic E-state index is 13.1. The minimum Gasteiger partial charge on any atom is -0.481 e. The van der Waals surface area contributed by atoms with Gasteiger partial charge in [-0.2, -0.15) is 13.2 Å². The lowest BCUT2D eigenvalue weighted by atomic mass is 9.73. The molecule has 0 spiro atoms. The van der Waals surface area contributed by atoms with Crippen LogP contribution in [0.1, 0.15) is 30.4 Å². The molecule has 1 aliphatic carbocycles. The summed E-state index contributed by atoms with van der Waals surface area (Å²) in [4.78, 5) is 23.1. The lowest BCUT2D eigenvalue weighted by Crippen LogP contribution is -2.45. The lowest BCUT2D eigenvalue weighted by molar-refractivity contribution is -0.140. The number of hydrogen-bond donors (Lipinski definition) is 2. The topological polar surface area (TPSA) is 75.6 Å². The summed E-state index contributed by atoms with van der Waals surface area (Å²) >= 11 is 0. The van der Waals surface area contributed by atoms with Crippen molar-refractivity contribution >= 4 is 11.9 Å². The van der Waals surface area contributed by atoms with Gasteiger partial charge >= 0.3 is 12.1 Å². The summed E-state index contributed by atoms with van der Waals surface area (Å²) < 4.78 is 44.5. The van der Waals surface area contributed by atoms with Gasteiger partial charge in [-0.1, -0.05) is 18.2 Å². The first-order valence-corrected chi connectivity index (χ1v) is 8.49. The van der Waals surface area contributed by atoms with Gasteiger partial charge in [0.25, 0.3) is 0 Å². The number of rotatable bonds is 5. The number of amides is 1. The number of carbonyl (C=O) groups is 2. The van der Waals surface area contributed by atoms with Crippen molar-refractivity contribution in [1.29, 1.82) is 0 Å². The maximum atomic E-state index is 13.1. The quantitative estimate of drug-likeness (QED) is 0.834. The SMILES string of the molecule is O=C(O)C1CC1C(=O)NCC1(c2cccc(C(F)(F)F)c2)CCOCC1. The average molecular weight is 371 g/mol. The predicted molar refractivity (Wildman–Crippen MR) is 85.4 cm³/mol. The Morgan fingerprint density at radius 1 is 1.23 bits per heavy atom. The Kier molecular flexibility index (Phi) is 4.96. The fraction of sp³-hybridized carbons (Fsp3) is 0.556. The largest absolute Gasteiger partial charge is 0.481 e. The van der Waals surface area contributed by atoms with Crippen molar-refractivity contribution in [2.45, 2.75) is 30.9 Å². The minimum absolute atomic E-state index is 0.166. The number of benzene rings is 1. The van der Waals surface area contributed by atoms with E-state index in [1.54, 1.807) is 6.07 Å².